The Bertz CT molecular complexity index is 607. The summed E-state index contributed by atoms with van der Waals surface area (Å²) in [4.78, 5) is 11.7. The van der Waals surface area contributed by atoms with Crippen molar-refractivity contribution >= 4 is 17.5 Å². The van der Waals surface area contributed by atoms with E-state index in [4.69, 9.17) is 11.6 Å². The third kappa shape index (κ3) is 2.76. The maximum absolute atomic E-state index is 12.8. The lowest BCUT2D eigenvalue weighted by molar-refractivity contribution is 0.0962. The van der Waals surface area contributed by atoms with Gasteiger partial charge in [-0.15, -0.1) is 0 Å². The van der Waals surface area contributed by atoms with Gasteiger partial charge in [0.15, 0.2) is 0 Å². The number of nitrogens with one attached hydrogen (secondary N) is 1. The predicted molar refractivity (Wildman–Crippen MR) is 70.9 cm³/mol. The smallest absolute Gasteiger partial charge is 0.256 e. The van der Waals surface area contributed by atoms with Crippen LogP contribution in [0.3, 0.4) is 0 Å². The highest BCUT2D eigenvalue weighted by Crippen LogP contribution is 2.20. The molecule has 2 rings (SSSR count). The molecule has 0 aliphatic heterocycles. The van der Waals surface area contributed by atoms with E-state index in [2.05, 4.69) is 10.4 Å². The highest BCUT2D eigenvalue weighted by molar-refractivity contribution is 6.33. The molecule has 0 spiro atoms. The van der Waals surface area contributed by atoms with Gasteiger partial charge in [-0.1, -0.05) is 23.7 Å². The maximum atomic E-state index is 12.8. The van der Waals surface area contributed by atoms with Crippen LogP contribution in [0.1, 0.15) is 21.6 Å². The molecule has 6 heteroatoms. The number of rotatable bonds is 3. The van der Waals surface area contributed by atoms with Crippen molar-refractivity contribution in [3.8, 4) is 0 Å². The van der Waals surface area contributed by atoms with E-state index in [-0.39, 0.29) is 16.9 Å². The molecule has 0 aliphatic rings. The average Bonchev–Trinajstić information content (AvgIpc) is 2.66. The molecule has 0 saturated carbocycles. The molecule has 4 nitrogen and oxygen atoms in total. The Morgan fingerprint density at radius 3 is 2.63 bits per heavy atom. The van der Waals surface area contributed by atoms with Crippen LogP contribution in [0, 0.1) is 12.7 Å². The van der Waals surface area contributed by atoms with Gasteiger partial charge in [-0.05, 0) is 24.6 Å². The topological polar surface area (TPSA) is 46.9 Å². The predicted octanol–water partition coefficient (Wildman–Crippen LogP) is 2.39. The van der Waals surface area contributed by atoms with E-state index in [0.29, 0.717) is 17.8 Å². The first-order valence-corrected chi connectivity index (χ1v) is 6.10. The minimum absolute atomic E-state index is 0.271. The largest absolute Gasteiger partial charge is 0.355 e. The lowest BCUT2D eigenvalue weighted by atomic mass is 10.2. The van der Waals surface area contributed by atoms with Crippen LogP contribution in [0.25, 0.3) is 0 Å². The quantitative estimate of drug-likeness (QED) is 0.939. The van der Waals surface area contributed by atoms with Crippen LogP contribution >= 0.6 is 11.6 Å². The Hall–Kier alpha value is -1.88. The summed E-state index contributed by atoms with van der Waals surface area (Å²) in [5, 5.41) is 7.03. The fourth-order valence-corrected chi connectivity index (χ4v) is 2.12. The Balaban J connectivity index is 2.31. The van der Waals surface area contributed by atoms with Gasteiger partial charge in [0.1, 0.15) is 11.0 Å². The molecule has 0 unspecified atom stereocenters. The standard InChI is InChI=1S/C13H13ClFN3O/c1-8-11(13(19)16-2)12(14)18(17-8)7-9-3-5-10(15)6-4-9/h3-6H,7H2,1-2H3,(H,16,19). The third-order valence-corrected chi connectivity index (χ3v) is 3.15. The number of hydrogen-bond acceptors (Lipinski definition) is 2. The lowest BCUT2D eigenvalue weighted by Gasteiger charge is -2.04. The first-order chi connectivity index (χ1) is 9.02. The summed E-state index contributed by atoms with van der Waals surface area (Å²) < 4.78 is 14.3. The van der Waals surface area contributed by atoms with Gasteiger partial charge < -0.3 is 5.32 Å². The van der Waals surface area contributed by atoms with Crippen molar-refractivity contribution in [1.82, 2.24) is 15.1 Å². The van der Waals surface area contributed by atoms with Crippen LogP contribution in [0.15, 0.2) is 24.3 Å². The first-order valence-electron chi connectivity index (χ1n) is 5.72. The third-order valence-electron chi connectivity index (χ3n) is 2.77. The average molecular weight is 282 g/mol. The van der Waals surface area contributed by atoms with Crippen molar-refractivity contribution in [3.05, 3.63) is 52.1 Å². The monoisotopic (exact) mass is 281 g/mol. The van der Waals surface area contributed by atoms with Gasteiger partial charge in [-0.3, -0.25) is 4.79 Å². The summed E-state index contributed by atoms with van der Waals surface area (Å²) in [6.07, 6.45) is 0. The Morgan fingerprint density at radius 1 is 1.42 bits per heavy atom. The molecular weight excluding hydrogens is 269 g/mol. The summed E-state index contributed by atoms with van der Waals surface area (Å²) in [5.74, 6) is -0.564. The van der Waals surface area contributed by atoms with Gasteiger partial charge in [0.25, 0.3) is 5.91 Å². The molecule has 0 saturated heterocycles. The highest BCUT2D eigenvalue weighted by atomic mass is 35.5. The minimum Gasteiger partial charge on any atom is -0.355 e. The van der Waals surface area contributed by atoms with E-state index in [1.807, 2.05) is 0 Å². The number of carbonyl (C=O) groups is 1. The molecule has 0 fully saturated rings. The minimum atomic E-state index is -0.294. The molecule has 100 valence electrons. The Labute approximate surface area is 115 Å². The van der Waals surface area contributed by atoms with Crippen LogP contribution in [0.2, 0.25) is 5.15 Å². The zero-order chi connectivity index (χ0) is 14.0. The molecule has 0 aliphatic carbocycles. The molecule has 0 atom stereocenters. The molecule has 2 aromatic rings. The van der Waals surface area contributed by atoms with Crippen molar-refractivity contribution in [2.75, 3.05) is 7.05 Å². The van der Waals surface area contributed by atoms with E-state index >= 15 is 0 Å². The SMILES string of the molecule is CNC(=O)c1c(C)nn(Cc2ccc(F)cc2)c1Cl. The number of benzene rings is 1. The fraction of sp³-hybridized carbons (Fsp3) is 0.231. The van der Waals surface area contributed by atoms with Crippen molar-refractivity contribution in [2.24, 2.45) is 0 Å². The zero-order valence-electron chi connectivity index (χ0n) is 10.6. The Morgan fingerprint density at radius 2 is 2.05 bits per heavy atom. The van der Waals surface area contributed by atoms with Gasteiger partial charge in [0.05, 0.1) is 17.8 Å². The molecule has 1 aromatic heterocycles. The van der Waals surface area contributed by atoms with Gasteiger partial charge >= 0.3 is 0 Å². The number of nitrogens with zero attached hydrogens (tertiary/aromatic N) is 2. The van der Waals surface area contributed by atoms with Crippen LogP contribution in [-0.2, 0) is 6.54 Å². The van der Waals surface area contributed by atoms with Gasteiger partial charge in [0, 0.05) is 7.05 Å². The van der Waals surface area contributed by atoms with Gasteiger partial charge in [-0.25, -0.2) is 9.07 Å². The molecule has 0 bridgehead atoms. The summed E-state index contributed by atoms with van der Waals surface area (Å²) in [5.41, 5.74) is 1.78. The van der Waals surface area contributed by atoms with Gasteiger partial charge in [-0.2, -0.15) is 5.10 Å². The highest BCUT2D eigenvalue weighted by Gasteiger charge is 2.19. The molecular formula is C13H13ClFN3O. The van der Waals surface area contributed by atoms with Crippen molar-refractivity contribution in [2.45, 2.75) is 13.5 Å². The van der Waals surface area contributed by atoms with Gasteiger partial charge in [0.2, 0.25) is 0 Å². The Kier molecular flexibility index (Phi) is 3.85. The summed E-state index contributed by atoms with van der Waals surface area (Å²) in [6.45, 7) is 2.11. The number of hydrogen-bond donors (Lipinski definition) is 1. The summed E-state index contributed by atoms with van der Waals surface area (Å²) >= 11 is 6.15. The normalized spacial score (nSPS) is 10.5. The molecule has 1 amide bonds. The maximum Gasteiger partial charge on any atom is 0.256 e. The first kappa shape index (κ1) is 13.5. The number of aromatic nitrogens is 2. The van der Waals surface area contributed by atoms with Crippen LogP contribution in [0.4, 0.5) is 4.39 Å². The van der Waals surface area contributed by atoms with E-state index in [1.165, 1.54) is 23.9 Å². The van der Waals surface area contributed by atoms with Crippen molar-refractivity contribution in [1.29, 1.82) is 0 Å². The second-order valence-corrected chi connectivity index (χ2v) is 4.47. The summed E-state index contributed by atoms with van der Waals surface area (Å²) in [6, 6.07) is 6.06. The summed E-state index contributed by atoms with van der Waals surface area (Å²) in [7, 11) is 1.54. The lowest BCUT2D eigenvalue weighted by Crippen LogP contribution is -2.18. The number of halogens is 2. The van der Waals surface area contributed by atoms with E-state index in [1.54, 1.807) is 19.1 Å². The molecule has 1 N–H and O–H groups in total. The molecule has 19 heavy (non-hydrogen) atoms. The molecule has 1 heterocycles. The number of amides is 1. The second-order valence-electron chi connectivity index (χ2n) is 4.11. The van der Waals surface area contributed by atoms with Crippen molar-refractivity contribution < 1.29 is 9.18 Å². The van der Waals surface area contributed by atoms with E-state index < -0.39 is 0 Å². The van der Waals surface area contributed by atoms with E-state index in [0.717, 1.165) is 5.56 Å². The van der Waals surface area contributed by atoms with Crippen molar-refractivity contribution in [3.63, 3.8) is 0 Å². The number of aryl methyl sites for hydroxylation is 1. The van der Waals surface area contributed by atoms with Crippen LogP contribution < -0.4 is 5.32 Å². The molecule has 0 radical (unpaired) electrons. The van der Waals surface area contributed by atoms with E-state index in [9.17, 15) is 9.18 Å². The van der Waals surface area contributed by atoms with Crippen LogP contribution in [-0.4, -0.2) is 22.7 Å². The molecule has 1 aromatic carbocycles. The van der Waals surface area contributed by atoms with Crippen LogP contribution in [0.5, 0.6) is 0 Å². The number of carbonyl (C=O) groups excluding carboxylic acids is 1. The second kappa shape index (κ2) is 5.40. The zero-order valence-corrected chi connectivity index (χ0v) is 11.3. The fourth-order valence-electron chi connectivity index (χ4n) is 1.80.